The van der Waals surface area contributed by atoms with E-state index in [0.717, 1.165) is 55.0 Å². The molecule has 1 fully saturated rings. The first-order valence-electron chi connectivity index (χ1n) is 14.1. The van der Waals surface area contributed by atoms with Gasteiger partial charge in [0.2, 0.25) is 5.91 Å². The van der Waals surface area contributed by atoms with Crippen molar-refractivity contribution < 1.29 is 23.5 Å². The predicted molar refractivity (Wildman–Crippen MR) is 159 cm³/mol. The van der Waals surface area contributed by atoms with Gasteiger partial charge in [-0.1, -0.05) is 30.3 Å². The number of hydrogen-bond donors (Lipinski definition) is 1. The van der Waals surface area contributed by atoms with E-state index in [1.165, 1.54) is 29.6 Å². The molecule has 0 radical (unpaired) electrons. The van der Waals surface area contributed by atoms with Gasteiger partial charge in [-0.2, -0.15) is 0 Å². The van der Waals surface area contributed by atoms with Crippen molar-refractivity contribution in [3.8, 4) is 5.75 Å². The zero-order valence-corrected chi connectivity index (χ0v) is 24.4. The maximum atomic E-state index is 13.2. The average Bonchev–Trinajstić information content (AvgIpc) is 3.35. The fourth-order valence-electron chi connectivity index (χ4n) is 5.32. The second-order valence-electron chi connectivity index (χ2n) is 10.4. The number of halogens is 1. The van der Waals surface area contributed by atoms with Gasteiger partial charge in [-0.25, -0.2) is 8.70 Å². The van der Waals surface area contributed by atoms with Gasteiger partial charge in [0.15, 0.2) is 0 Å². The summed E-state index contributed by atoms with van der Waals surface area (Å²) in [6.07, 6.45) is 1.24. The van der Waals surface area contributed by atoms with Crippen LogP contribution in [-0.2, 0) is 29.3 Å². The van der Waals surface area contributed by atoms with E-state index in [2.05, 4.69) is 38.8 Å². The van der Waals surface area contributed by atoms with Crippen molar-refractivity contribution in [1.29, 1.82) is 0 Å². The normalized spacial score (nSPS) is 16.2. The number of benzene rings is 3. The van der Waals surface area contributed by atoms with Crippen molar-refractivity contribution in [2.24, 2.45) is 0 Å². The number of carbonyl (C=O) groups excluding carboxylic acids is 3. The fraction of sp³-hybridized carbons (Fsp3) is 0.344. The van der Waals surface area contributed by atoms with Crippen LogP contribution in [0.5, 0.6) is 5.75 Å². The largest absolute Gasteiger partial charge is 0.489 e. The van der Waals surface area contributed by atoms with Crippen molar-refractivity contribution in [3.63, 3.8) is 0 Å². The van der Waals surface area contributed by atoms with Crippen molar-refractivity contribution in [2.75, 3.05) is 33.2 Å². The molecule has 1 saturated heterocycles. The minimum absolute atomic E-state index is 0.199. The number of fused-ring (bicyclic) bond motifs is 1. The van der Waals surface area contributed by atoms with Crippen LogP contribution in [0.4, 0.5) is 4.39 Å². The van der Waals surface area contributed by atoms with Gasteiger partial charge in [-0.3, -0.25) is 14.5 Å². The molecule has 1 N–H and O–H groups in total. The van der Waals surface area contributed by atoms with Crippen LogP contribution in [0.2, 0.25) is 0 Å². The Labute approximate surface area is 249 Å². The Morgan fingerprint density at radius 2 is 1.74 bits per heavy atom. The Hall–Kier alpha value is -3.73. The molecule has 0 aromatic heterocycles. The maximum absolute atomic E-state index is 13.2. The summed E-state index contributed by atoms with van der Waals surface area (Å²) in [4.78, 5) is 41.6. The number of piperazine rings is 1. The van der Waals surface area contributed by atoms with Crippen molar-refractivity contribution in [1.82, 2.24) is 19.4 Å². The summed E-state index contributed by atoms with van der Waals surface area (Å²) in [5, 5.41) is 2.61. The standard InChI is InChI=1S/C32H35FN4O4S/c1-34-31(39)29(5-3-19-38)37-21-28-27(32(37)40)4-2-6-30(28)41-22-24-9-7-23(8-10-24)20-35-15-17-36(18-16-35)42-26-13-11-25(33)12-14-26/h2,4,6-14,19,29H,3,5,15-18,20-22H2,1H3,(H,34,39). The van der Waals surface area contributed by atoms with Gasteiger partial charge < -0.3 is 19.7 Å². The Balaban J connectivity index is 1.13. The van der Waals surface area contributed by atoms with Gasteiger partial charge in [0.05, 0.1) is 6.54 Å². The highest BCUT2D eigenvalue weighted by atomic mass is 32.2. The molecule has 2 heterocycles. The third kappa shape index (κ3) is 7.18. The zero-order chi connectivity index (χ0) is 29.5. The summed E-state index contributed by atoms with van der Waals surface area (Å²) in [5.41, 5.74) is 3.54. The van der Waals surface area contributed by atoms with Gasteiger partial charge in [-0.05, 0) is 65.9 Å². The van der Waals surface area contributed by atoms with Crippen LogP contribution in [0.1, 0.15) is 39.9 Å². The van der Waals surface area contributed by atoms with E-state index >= 15 is 0 Å². The molecule has 1 unspecified atom stereocenters. The maximum Gasteiger partial charge on any atom is 0.255 e. The lowest BCUT2D eigenvalue weighted by Crippen LogP contribution is -2.46. The van der Waals surface area contributed by atoms with Gasteiger partial charge in [0.25, 0.3) is 5.91 Å². The highest BCUT2D eigenvalue weighted by Crippen LogP contribution is 2.33. The first-order valence-corrected chi connectivity index (χ1v) is 14.9. The second kappa shape index (κ2) is 14.0. The molecule has 3 aromatic rings. The molecule has 2 aliphatic rings. The van der Waals surface area contributed by atoms with Gasteiger partial charge in [0.1, 0.15) is 30.5 Å². The Kier molecular flexibility index (Phi) is 9.89. The van der Waals surface area contributed by atoms with E-state index < -0.39 is 6.04 Å². The number of likely N-dealkylation sites (N-methyl/N-ethyl adjacent to an activating group) is 1. The number of rotatable bonds is 12. The summed E-state index contributed by atoms with van der Waals surface area (Å²) in [6.45, 7) is 5.29. The molecule has 0 saturated carbocycles. The number of aldehydes is 1. The highest BCUT2D eigenvalue weighted by Gasteiger charge is 2.37. The minimum Gasteiger partial charge on any atom is -0.489 e. The Bertz CT molecular complexity index is 1390. The molecule has 5 rings (SSSR count). The second-order valence-corrected chi connectivity index (χ2v) is 11.6. The van der Waals surface area contributed by atoms with E-state index in [-0.39, 0.29) is 37.0 Å². The number of amides is 2. The molecule has 220 valence electrons. The number of ether oxygens (including phenoxy) is 1. The van der Waals surface area contributed by atoms with Crippen LogP contribution in [-0.4, -0.2) is 71.5 Å². The third-order valence-corrected chi connectivity index (χ3v) is 8.75. The molecule has 3 aromatic carbocycles. The van der Waals surface area contributed by atoms with Crippen LogP contribution < -0.4 is 10.1 Å². The topological polar surface area (TPSA) is 82.2 Å². The van der Waals surface area contributed by atoms with Gasteiger partial charge in [0, 0.05) is 62.2 Å². The third-order valence-electron chi connectivity index (χ3n) is 7.64. The molecule has 0 spiro atoms. The molecular formula is C32H35FN4O4S. The molecule has 0 bridgehead atoms. The lowest BCUT2D eigenvalue weighted by Gasteiger charge is -2.33. The van der Waals surface area contributed by atoms with Crippen molar-refractivity contribution in [3.05, 3.63) is 94.8 Å². The lowest BCUT2D eigenvalue weighted by molar-refractivity contribution is -0.125. The van der Waals surface area contributed by atoms with E-state index in [9.17, 15) is 18.8 Å². The average molecular weight is 591 g/mol. The molecule has 2 amide bonds. The van der Waals surface area contributed by atoms with E-state index in [4.69, 9.17) is 4.74 Å². The first-order chi connectivity index (χ1) is 20.4. The number of carbonyl (C=O) groups is 3. The van der Waals surface area contributed by atoms with Crippen LogP contribution in [0.3, 0.4) is 0 Å². The predicted octanol–water partition coefficient (Wildman–Crippen LogP) is 4.28. The molecule has 10 heteroatoms. The van der Waals surface area contributed by atoms with Crippen molar-refractivity contribution in [2.45, 2.75) is 43.5 Å². The molecule has 42 heavy (non-hydrogen) atoms. The summed E-state index contributed by atoms with van der Waals surface area (Å²) >= 11 is 1.68. The Morgan fingerprint density at radius 3 is 2.43 bits per heavy atom. The highest BCUT2D eigenvalue weighted by molar-refractivity contribution is 7.97. The summed E-state index contributed by atoms with van der Waals surface area (Å²) in [7, 11) is 1.53. The number of hydrogen-bond acceptors (Lipinski definition) is 7. The van der Waals surface area contributed by atoms with Gasteiger partial charge in [-0.15, -0.1) is 0 Å². The summed E-state index contributed by atoms with van der Waals surface area (Å²) in [6, 6.07) is 19.7. The lowest BCUT2D eigenvalue weighted by atomic mass is 10.1. The summed E-state index contributed by atoms with van der Waals surface area (Å²) < 4.78 is 21.6. The Morgan fingerprint density at radius 1 is 1.02 bits per heavy atom. The van der Waals surface area contributed by atoms with Crippen LogP contribution in [0, 0.1) is 5.82 Å². The number of nitrogens with one attached hydrogen (secondary N) is 1. The van der Waals surface area contributed by atoms with E-state index in [1.54, 1.807) is 24.1 Å². The minimum atomic E-state index is -0.711. The van der Waals surface area contributed by atoms with E-state index in [1.807, 2.05) is 18.2 Å². The van der Waals surface area contributed by atoms with E-state index in [0.29, 0.717) is 17.9 Å². The molecule has 8 nitrogen and oxygen atoms in total. The van der Waals surface area contributed by atoms with Crippen LogP contribution in [0.15, 0.2) is 71.6 Å². The van der Waals surface area contributed by atoms with Crippen LogP contribution in [0.25, 0.3) is 0 Å². The SMILES string of the molecule is CNC(=O)C(CCC=O)N1Cc2c(OCc3ccc(CN4CCN(Sc5ccc(F)cc5)CC4)cc3)cccc2C1=O. The monoisotopic (exact) mass is 590 g/mol. The zero-order valence-electron chi connectivity index (χ0n) is 23.6. The first kappa shape index (κ1) is 29.8. The molecule has 0 aliphatic carbocycles. The smallest absolute Gasteiger partial charge is 0.255 e. The molecule has 1 atom stereocenters. The fourth-order valence-corrected chi connectivity index (χ4v) is 6.22. The molecular weight excluding hydrogens is 555 g/mol. The van der Waals surface area contributed by atoms with Gasteiger partial charge >= 0.3 is 0 Å². The van der Waals surface area contributed by atoms with Crippen molar-refractivity contribution >= 4 is 30.0 Å². The molecule has 2 aliphatic heterocycles. The summed E-state index contributed by atoms with van der Waals surface area (Å²) in [5.74, 6) is -0.107. The quantitative estimate of drug-likeness (QED) is 0.249. The number of nitrogens with zero attached hydrogens (tertiary/aromatic N) is 3. The van der Waals surface area contributed by atoms with Crippen LogP contribution >= 0.6 is 11.9 Å².